The molecule has 0 radical (unpaired) electrons. The molecule has 0 saturated carbocycles. The van der Waals surface area contributed by atoms with Crippen LogP contribution in [0.1, 0.15) is 14.0 Å². The molecule has 0 aliphatic carbocycles. The Morgan fingerprint density at radius 3 is 2.86 bits per heavy atom. The lowest BCUT2D eigenvalue weighted by atomic mass is 10.1. The van der Waals surface area contributed by atoms with Crippen molar-refractivity contribution in [1.82, 2.24) is 10.3 Å². The number of anilines is 3. The van der Waals surface area contributed by atoms with Gasteiger partial charge in [-0.05, 0) is 49.2 Å². The number of methoxy groups -OCH3 is 1. The van der Waals surface area contributed by atoms with E-state index in [1.54, 1.807) is 18.2 Å². The van der Waals surface area contributed by atoms with E-state index >= 15 is 0 Å². The van der Waals surface area contributed by atoms with Gasteiger partial charge in [0.05, 0.1) is 13.3 Å². The Morgan fingerprint density at radius 2 is 2.11 bits per heavy atom. The minimum atomic E-state index is -0.0787. The van der Waals surface area contributed by atoms with Crippen LogP contribution in [-0.4, -0.2) is 31.2 Å². The van der Waals surface area contributed by atoms with E-state index in [1.165, 1.54) is 0 Å². The number of hydrogen-bond donors (Lipinski definition) is 2. The van der Waals surface area contributed by atoms with Gasteiger partial charge >= 0.3 is 6.03 Å². The van der Waals surface area contributed by atoms with Gasteiger partial charge < -0.3 is 19.8 Å². The summed E-state index contributed by atoms with van der Waals surface area (Å²) < 4.78 is 11.2. The first-order valence-electron chi connectivity index (χ1n) is 9.08. The Hall–Kier alpha value is -3.48. The quantitative estimate of drug-likeness (QED) is 0.667. The maximum Gasteiger partial charge on any atom is 0.321 e. The molecule has 0 bridgehead atoms. The highest BCUT2D eigenvalue weighted by atomic mass is 16.5. The van der Waals surface area contributed by atoms with Gasteiger partial charge in [-0.25, -0.2) is 9.78 Å². The van der Waals surface area contributed by atoms with Gasteiger partial charge in [-0.1, -0.05) is 6.07 Å². The number of benzene rings is 2. The second-order valence-electron chi connectivity index (χ2n) is 6.78. The second kappa shape index (κ2) is 7.26. The van der Waals surface area contributed by atoms with Gasteiger partial charge in [-0.2, -0.15) is 0 Å². The zero-order valence-electron chi connectivity index (χ0n) is 16.1. The molecule has 7 heteroatoms. The monoisotopic (exact) mass is 382 g/mol. The molecule has 3 aromatic rings. The number of nitrogens with zero attached hydrogens (tertiary/aromatic N) is 2. The number of ether oxygens (including phenoxy) is 1. The number of aromatic nitrogens is 1. The third kappa shape index (κ3) is 3.51. The van der Waals surface area contributed by atoms with Crippen molar-refractivity contribution >= 4 is 23.4 Å². The molecule has 1 aromatic heterocycles. The summed E-state index contributed by atoms with van der Waals surface area (Å²) in [5.74, 6) is 1.39. The number of carbonyl (C=O) groups excluding carboxylic acids is 1. The summed E-state index contributed by atoms with van der Waals surface area (Å²) in [7, 11) is 1.63. The second-order valence-corrected chi connectivity index (χ2v) is 6.78. The maximum atomic E-state index is 12.0. The van der Waals surface area contributed by atoms with Gasteiger partial charge in [0.25, 0.3) is 6.01 Å². The molecule has 2 amide bonds. The molecule has 0 spiro atoms. The van der Waals surface area contributed by atoms with Crippen LogP contribution in [0.4, 0.5) is 22.2 Å². The van der Waals surface area contributed by atoms with Crippen LogP contribution in [0.3, 0.4) is 0 Å². The van der Waals surface area contributed by atoms with E-state index in [9.17, 15) is 4.79 Å². The number of nitrogens with one attached hydrogen (secondary N) is 2. The van der Waals surface area contributed by atoms with Crippen LogP contribution in [0.15, 0.2) is 47.0 Å². The number of carbonyl (C=O) groups is 1. The number of aryl methyl sites for hydroxylation is 2. The number of rotatable bonds is 5. The van der Waals surface area contributed by atoms with Crippen molar-refractivity contribution in [3.63, 3.8) is 0 Å². The zero-order valence-corrected chi connectivity index (χ0v) is 16.1. The minimum Gasteiger partial charge on any atom is -0.497 e. The first-order valence-corrected chi connectivity index (χ1v) is 9.08. The Bertz CT molecular complexity index is 1040. The molecular weight excluding hydrogens is 356 g/mol. The van der Waals surface area contributed by atoms with E-state index in [2.05, 4.69) is 15.6 Å². The molecule has 1 aliphatic heterocycles. The number of amides is 2. The van der Waals surface area contributed by atoms with Gasteiger partial charge in [0.2, 0.25) is 0 Å². The molecule has 0 unspecified atom stereocenters. The van der Waals surface area contributed by atoms with Crippen molar-refractivity contribution in [1.29, 1.82) is 0 Å². The summed E-state index contributed by atoms with van der Waals surface area (Å²) in [4.78, 5) is 18.1. The van der Waals surface area contributed by atoms with Crippen molar-refractivity contribution < 1.29 is 16.8 Å². The van der Waals surface area contributed by atoms with Crippen molar-refractivity contribution in [2.75, 3.05) is 30.4 Å². The Labute approximate surface area is 166 Å². The highest BCUT2D eigenvalue weighted by Crippen LogP contribution is 2.31. The first-order chi connectivity index (χ1) is 13.5. The summed E-state index contributed by atoms with van der Waals surface area (Å²) in [6.07, 6.45) is 1.68. The molecule has 2 heterocycles. The van der Waals surface area contributed by atoms with E-state index in [1.807, 2.05) is 50.2 Å². The summed E-state index contributed by atoms with van der Waals surface area (Å²) in [6.45, 7) is 5.30. The molecule has 2 N–H and O–H groups in total. The van der Waals surface area contributed by atoms with Crippen LogP contribution < -0.4 is 20.3 Å². The van der Waals surface area contributed by atoms with Crippen molar-refractivity contribution in [3.8, 4) is 17.1 Å². The third-order valence-electron chi connectivity index (χ3n) is 4.71. The molecule has 2 aromatic carbocycles. The van der Waals surface area contributed by atoms with E-state index < -0.39 is 0 Å². The lowest BCUT2D eigenvalue weighted by Gasteiger charge is -2.16. The summed E-state index contributed by atoms with van der Waals surface area (Å²) in [6, 6.07) is 12.0. The molecule has 1 aliphatic rings. The van der Waals surface area contributed by atoms with Crippen LogP contribution in [0.5, 0.6) is 5.75 Å². The van der Waals surface area contributed by atoms with E-state index in [0.29, 0.717) is 24.9 Å². The largest absolute Gasteiger partial charge is 0.497 e. The SMILES string of the molecule is COc1ccc(C)c(Nc2ncc(-c3cc(C)cc(N4CCNC4=O)c3)o2)c1.[HH].[HH]. The molecule has 28 heavy (non-hydrogen) atoms. The Balaban J connectivity index is 0.00000160. The average Bonchev–Trinajstić information content (AvgIpc) is 3.32. The number of urea groups is 1. The lowest BCUT2D eigenvalue weighted by molar-refractivity contribution is 0.252. The van der Waals surface area contributed by atoms with E-state index in [0.717, 1.165) is 33.8 Å². The van der Waals surface area contributed by atoms with Gasteiger partial charge in [0.1, 0.15) is 5.75 Å². The molecule has 7 nitrogen and oxygen atoms in total. The van der Waals surface area contributed by atoms with Crippen molar-refractivity contribution in [2.45, 2.75) is 13.8 Å². The maximum absolute atomic E-state index is 12.0. The fourth-order valence-corrected chi connectivity index (χ4v) is 3.22. The smallest absolute Gasteiger partial charge is 0.321 e. The zero-order chi connectivity index (χ0) is 19.7. The minimum absolute atomic E-state index is 0. The van der Waals surface area contributed by atoms with Crippen LogP contribution in [-0.2, 0) is 0 Å². The fourth-order valence-electron chi connectivity index (χ4n) is 3.22. The topological polar surface area (TPSA) is 79.6 Å². The number of oxazole rings is 1. The highest BCUT2D eigenvalue weighted by Gasteiger charge is 2.22. The van der Waals surface area contributed by atoms with Crippen LogP contribution >= 0.6 is 0 Å². The molecule has 4 rings (SSSR count). The highest BCUT2D eigenvalue weighted by molar-refractivity contribution is 5.94. The fraction of sp³-hybridized carbons (Fsp3) is 0.238. The predicted octanol–water partition coefficient (Wildman–Crippen LogP) is 4.73. The standard InChI is InChI=1S/C21H22N4O3.2H2/c1-13-8-15(10-16(9-13)25-7-6-22-21(25)26)19-12-23-20(28-19)24-18-11-17(27-3)5-4-14(18)2;;/h4-5,8-12H,6-7H2,1-3H3,(H,22,26)(H,23,24);2*1H. The van der Waals surface area contributed by atoms with Crippen LogP contribution in [0.2, 0.25) is 0 Å². The Morgan fingerprint density at radius 1 is 1.25 bits per heavy atom. The van der Waals surface area contributed by atoms with Gasteiger partial charge in [0, 0.05) is 38.9 Å². The van der Waals surface area contributed by atoms with Gasteiger partial charge in [-0.3, -0.25) is 4.90 Å². The lowest BCUT2D eigenvalue weighted by Crippen LogP contribution is -2.27. The predicted molar refractivity (Wildman–Crippen MR) is 113 cm³/mol. The molecule has 1 saturated heterocycles. The van der Waals surface area contributed by atoms with Crippen molar-refractivity contribution in [2.24, 2.45) is 0 Å². The summed E-state index contributed by atoms with van der Waals surface area (Å²) in [5, 5.41) is 6.02. The van der Waals surface area contributed by atoms with E-state index in [-0.39, 0.29) is 8.88 Å². The molecule has 0 atom stereocenters. The molecular formula is C21H26N4O3. The first kappa shape index (κ1) is 17.9. The summed E-state index contributed by atoms with van der Waals surface area (Å²) in [5.41, 5.74) is 4.68. The normalized spacial score (nSPS) is 13.5. The van der Waals surface area contributed by atoms with Gasteiger partial charge in [-0.15, -0.1) is 0 Å². The van der Waals surface area contributed by atoms with Crippen LogP contribution in [0.25, 0.3) is 11.3 Å². The van der Waals surface area contributed by atoms with Crippen LogP contribution in [0, 0.1) is 13.8 Å². The average molecular weight is 382 g/mol. The molecule has 1 fully saturated rings. The Kier molecular flexibility index (Phi) is 4.65. The third-order valence-corrected chi connectivity index (χ3v) is 4.71. The summed E-state index contributed by atoms with van der Waals surface area (Å²) >= 11 is 0. The van der Waals surface area contributed by atoms with Crippen molar-refractivity contribution in [3.05, 3.63) is 53.7 Å². The molecule has 148 valence electrons. The van der Waals surface area contributed by atoms with E-state index in [4.69, 9.17) is 9.15 Å². The number of hydrogen-bond acceptors (Lipinski definition) is 5. The van der Waals surface area contributed by atoms with Gasteiger partial charge in [0.15, 0.2) is 5.76 Å².